The minimum atomic E-state index is -2.45. The Kier molecular flexibility index (Phi) is 18.8. The van der Waals surface area contributed by atoms with Crippen LogP contribution in [0.4, 0.5) is 0 Å². The van der Waals surface area contributed by atoms with Gasteiger partial charge in [-0.1, -0.05) is 73.7 Å². The predicted molar refractivity (Wildman–Crippen MR) is 151 cm³/mol. The van der Waals surface area contributed by atoms with Crippen LogP contribution < -0.4 is 0 Å². The van der Waals surface area contributed by atoms with Crippen LogP contribution in [0.2, 0.25) is 5.02 Å². The topological polar surface area (TPSA) is 82.1 Å². The van der Waals surface area contributed by atoms with Gasteiger partial charge in [0.15, 0.2) is 0 Å². The van der Waals surface area contributed by atoms with E-state index >= 15 is 0 Å². The van der Waals surface area contributed by atoms with Gasteiger partial charge in [-0.05, 0) is 68.4 Å². The smallest absolute Gasteiger partial charge is 0.458 e. The number of thiol groups is 1. The molecule has 1 aromatic rings. The summed E-state index contributed by atoms with van der Waals surface area (Å²) in [6.45, 7) is 4.72. The zero-order valence-corrected chi connectivity index (χ0v) is 24.5. The fraction of sp³-hybridized carbons (Fsp3) is 0.741. The molecule has 0 saturated carbocycles. The van der Waals surface area contributed by atoms with Gasteiger partial charge in [0.1, 0.15) is 0 Å². The molecule has 206 valence electrons. The second kappa shape index (κ2) is 20.3. The van der Waals surface area contributed by atoms with E-state index in [0.717, 1.165) is 37.0 Å². The van der Waals surface area contributed by atoms with E-state index in [1.807, 2.05) is 31.2 Å². The highest BCUT2D eigenvalue weighted by Crippen LogP contribution is 2.28. The second-order valence-electron chi connectivity index (χ2n) is 9.22. The molecule has 0 bridgehead atoms. The minimum Gasteiger partial charge on any atom is -0.458 e. The Hall–Kier alpha value is -0.690. The molecule has 0 aromatic heterocycles. The van der Waals surface area contributed by atoms with E-state index in [0.29, 0.717) is 24.5 Å². The van der Waals surface area contributed by atoms with Crippen LogP contribution >= 0.6 is 32.7 Å². The van der Waals surface area contributed by atoms with Crippen LogP contribution in [0.3, 0.4) is 0 Å². The lowest BCUT2D eigenvalue weighted by atomic mass is 9.92. The third-order valence-corrected chi connectivity index (χ3v) is 7.31. The van der Waals surface area contributed by atoms with Gasteiger partial charge in [0.2, 0.25) is 0 Å². The van der Waals surface area contributed by atoms with E-state index in [9.17, 15) is 14.5 Å². The van der Waals surface area contributed by atoms with Crippen molar-refractivity contribution >= 4 is 38.7 Å². The fourth-order valence-electron chi connectivity index (χ4n) is 3.98. The molecule has 6 nitrogen and oxygen atoms in total. The highest BCUT2D eigenvalue weighted by atomic mass is 35.5. The van der Waals surface area contributed by atoms with Crippen molar-refractivity contribution < 1.29 is 28.7 Å². The summed E-state index contributed by atoms with van der Waals surface area (Å²) in [7, 11) is -1.38. The Morgan fingerprint density at radius 3 is 2.31 bits per heavy atom. The molecule has 0 aliphatic rings. The van der Waals surface area contributed by atoms with E-state index in [2.05, 4.69) is 19.6 Å². The number of hydrogen-bond acceptors (Lipinski definition) is 7. The highest BCUT2D eigenvalue weighted by Gasteiger charge is 2.49. The summed E-state index contributed by atoms with van der Waals surface area (Å²) in [6, 6.07) is 7.62. The van der Waals surface area contributed by atoms with Crippen molar-refractivity contribution in [2.24, 2.45) is 0 Å². The quantitative estimate of drug-likeness (QED) is 0.0506. The lowest BCUT2D eigenvalue weighted by molar-refractivity contribution is -0.196. The lowest BCUT2D eigenvalue weighted by Crippen LogP contribution is -2.38. The number of carbonyl (C=O) groups excluding carboxylic acids is 1. The van der Waals surface area contributed by atoms with E-state index in [-0.39, 0.29) is 25.2 Å². The molecule has 0 saturated heterocycles. The number of carbonyl (C=O) groups is 1. The maximum atomic E-state index is 12.4. The van der Waals surface area contributed by atoms with Crippen LogP contribution in [-0.2, 0) is 23.6 Å². The standard InChI is InChI=1S/C27H44ClO6PS/c1-3-11-23(24-13-15-25(28)16-14-24)17-20-33-26(29)27(30,35-31)34-19-10-18-32-22(2)12-8-6-4-5-7-9-21-36/h13-16,22-23,30,36H,3-12,17-21H2,1-2H3/p+1. The maximum absolute atomic E-state index is 12.4. The molecule has 4 atom stereocenters. The summed E-state index contributed by atoms with van der Waals surface area (Å²) in [4.78, 5) is 12.4. The highest BCUT2D eigenvalue weighted by molar-refractivity contribution is 7.80. The molecule has 4 unspecified atom stereocenters. The largest absolute Gasteiger partial charge is 0.470 e. The third kappa shape index (κ3) is 14.3. The number of rotatable bonds is 22. The number of halogens is 1. The van der Waals surface area contributed by atoms with Crippen molar-refractivity contribution in [1.82, 2.24) is 0 Å². The first kappa shape index (κ1) is 33.3. The molecule has 0 aliphatic heterocycles. The van der Waals surface area contributed by atoms with Crippen molar-refractivity contribution in [1.29, 1.82) is 0 Å². The van der Waals surface area contributed by atoms with Crippen LogP contribution in [0.15, 0.2) is 24.3 Å². The second-order valence-corrected chi connectivity index (χ2v) is 11.0. The Balaban J connectivity index is 2.27. The van der Waals surface area contributed by atoms with Crippen molar-refractivity contribution in [3.05, 3.63) is 34.9 Å². The van der Waals surface area contributed by atoms with Gasteiger partial charge in [0.25, 0.3) is 0 Å². The fourth-order valence-corrected chi connectivity index (χ4v) is 4.65. The molecule has 0 radical (unpaired) electrons. The molecule has 0 aliphatic carbocycles. The maximum Gasteiger partial charge on any atom is 0.470 e. The molecular weight excluding hydrogens is 519 g/mol. The molecule has 0 amide bonds. The summed E-state index contributed by atoms with van der Waals surface area (Å²) in [6.07, 6.45) is 11.4. The summed E-state index contributed by atoms with van der Waals surface area (Å²) in [5.41, 5.74) is -1.33. The Labute approximate surface area is 229 Å². The van der Waals surface area contributed by atoms with Crippen LogP contribution in [0.1, 0.15) is 96.0 Å². The molecule has 0 heterocycles. The number of unbranched alkanes of at least 4 members (excludes halogenated alkanes) is 5. The zero-order chi connectivity index (χ0) is 26.7. The predicted octanol–water partition coefficient (Wildman–Crippen LogP) is 7.30. The van der Waals surface area contributed by atoms with E-state index in [4.69, 9.17) is 25.8 Å². The monoisotopic (exact) mass is 563 g/mol. The van der Waals surface area contributed by atoms with Gasteiger partial charge in [-0.15, -0.1) is 0 Å². The van der Waals surface area contributed by atoms with Crippen LogP contribution in [0.25, 0.3) is 0 Å². The number of aliphatic hydroxyl groups is 1. The van der Waals surface area contributed by atoms with Crippen LogP contribution in [0, 0.1) is 0 Å². The van der Waals surface area contributed by atoms with E-state index < -0.39 is 20.0 Å². The zero-order valence-electron chi connectivity index (χ0n) is 21.9. The number of ether oxygens (including phenoxy) is 3. The molecule has 9 heteroatoms. The number of hydrogen-bond donors (Lipinski definition) is 2. The van der Waals surface area contributed by atoms with Crippen molar-refractivity contribution in [2.45, 2.75) is 102 Å². The Morgan fingerprint density at radius 2 is 1.67 bits per heavy atom. The van der Waals surface area contributed by atoms with Gasteiger partial charge in [-0.3, -0.25) is 0 Å². The van der Waals surface area contributed by atoms with Gasteiger partial charge in [0.05, 0.1) is 19.3 Å². The first-order chi connectivity index (χ1) is 17.4. The summed E-state index contributed by atoms with van der Waals surface area (Å²) in [5, 5.41) is 11.0. The van der Waals surface area contributed by atoms with Gasteiger partial charge >= 0.3 is 20.0 Å². The first-order valence-corrected chi connectivity index (χ1v) is 15.2. The summed E-state index contributed by atoms with van der Waals surface area (Å²) < 4.78 is 27.8. The Bertz CT molecular complexity index is 723. The number of benzene rings is 1. The molecule has 0 fully saturated rings. The van der Waals surface area contributed by atoms with Gasteiger partial charge in [-0.2, -0.15) is 12.6 Å². The van der Waals surface area contributed by atoms with Gasteiger partial charge < -0.3 is 19.3 Å². The number of esters is 1. The van der Waals surface area contributed by atoms with Gasteiger partial charge in [0, 0.05) is 11.6 Å². The van der Waals surface area contributed by atoms with E-state index in [1.165, 1.54) is 32.1 Å². The molecule has 1 aromatic carbocycles. The molecule has 1 N–H and O–H groups in total. The molecular formula is C27H45ClO6PS+. The molecule has 36 heavy (non-hydrogen) atoms. The molecule has 1 rings (SSSR count). The third-order valence-electron chi connectivity index (χ3n) is 6.11. The lowest BCUT2D eigenvalue weighted by Gasteiger charge is -2.18. The van der Waals surface area contributed by atoms with Crippen LogP contribution in [0.5, 0.6) is 0 Å². The van der Waals surface area contributed by atoms with Crippen molar-refractivity contribution in [3.8, 4) is 0 Å². The Morgan fingerprint density at radius 1 is 1.00 bits per heavy atom. The van der Waals surface area contributed by atoms with Crippen molar-refractivity contribution in [2.75, 3.05) is 25.6 Å². The van der Waals surface area contributed by atoms with Gasteiger partial charge in [-0.25, -0.2) is 4.79 Å². The summed E-state index contributed by atoms with van der Waals surface area (Å²) >= 11 is 10.2. The first-order valence-electron chi connectivity index (χ1n) is 13.3. The average Bonchev–Trinajstić information content (AvgIpc) is 2.87. The van der Waals surface area contributed by atoms with E-state index in [1.54, 1.807) is 0 Å². The van der Waals surface area contributed by atoms with Crippen molar-refractivity contribution in [3.63, 3.8) is 0 Å². The SMILES string of the molecule is CCCC(CCOC(=O)C(O)(OCCCOC(C)CCCCCCCCS)[PH+]=O)c1ccc(Cl)cc1. The minimum absolute atomic E-state index is 0.0436. The normalized spacial score (nSPS) is 14.9. The van der Waals surface area contributed by atoms with Crippen LogP contribution in [-0.4, -0.2) is 48.3 Å². The molecule has 0 spiro atoms. The average molecular weight is 564 g/mol. The summed E-state index contributed by atoms with van der Waals surface area (Å²) in [5.74, 6) is 0.138.